The maximum atomic E-state index is 12.6. The molecule has 0 saturated carbocycles. The number of rotatable bonds is 6. The maximum absolute atomic E-state index is 12.6. The number of hydrogen-bond acceptors (Lipinski definition) is 5. The van der Waals surface area contributed by atoms with Crippen LogP contribution in [-0.2, 0) is 17.8 Å². The lowest BCUT2D eigenvalue weighted by Crippen LogP contribution is -2.41. The number of primary amides is 1. The third-order valence-corrected chi connectivity index (χ3v) is 6.45. The minimum absolute atomic E-state index is 0.225. The highest BCUT2D eigenvalue weighted by molar-refractivity contribution is 5.82. The molecule has 1 aromatic heterocycles. The Kier molecular flexibility index (Phi) is 5.53. The Morgan fingerprint density at radius 1 is 0.969 bits per heavy atom. The van der Waals surface area contributed by atoms with Gasteiger partial charge in [0.25, 0.3) is 0 Å². The molecule has 6 heteroatoms. The third-order valence-electron chi connectivity index (χ3n) is 6.45. The van der Waals surface area contributed by atoms with Crippen molar-refractivity contribution in [2.45, 2.75) is 19.4 Å². The summed E-state index contributed by atoms with van der Waals surface area (Å²) in [6.45, 7) is 3.39. The van der Waals surface area contributed by atoms with Gasteiger partial charge in [-0.1, -0.05) is 30.3 Å². The van der Waals surface area contributed by atoms with Crippen molar-refractivity contribution in [1.29, 1.82) is 0 Å². The number of benzene rings is 2. The zero-order valence-electron chi connectivity index (χ0n) is 18.0. The number of nitrogens with zero attached hydrogens (tertiary/aromatic N) is 2. The monoisotopic (exact) mass is 429 g/mol. The number of pyridine rings is 1. The van der Waals surface area contributed by atoms with Crippen LogP contribution in [0.1, 0.15) is 17.5 Å². The minimum Gasteiger partial charge on any atom is -0.486 e. The molecule has 1 atom stereocenters. The van der Waals surface area contributed by atoms with Gasteiger partial charge in [0.15, 0.2) is 11.5 Å². The fraction of sp³-hybridized carbons (Fsp3) is 0.308. The van der Waals surface area contributed by atoms with Gasteiger partial charge in [0.1, 0.15) is 13.2 Å². The Morgan fingerprint density at radius 2 is 1.78 bits per heavy atom. The highest BCUT2D eigenvalue weighted by Crippen LogP contribution is 2.37. The third kappa shape index (κ3) is 4.18. The van der Waals surface area contributed by atoms with E-state index in [2.05, 4.69) is 34.1 Å². The van der Waals surface area contributed by atoms with Crippen molar-refractivity contribution in [3.63, 3.8) is 0 Å². The summed E-state index contributed by atoms with van der Waals surface area (Å²) in [6, 6.07) is 18.4. The number of fused-ring (bicyclic) bond motifs is 1. The topological polar surface area (TPSA) is 77.7 Å². The molecule has 2 aliphatic heterocycles. The summed E-state index contributed by atoms with van der Waals surface area (Å²) in [7, 11) is 0. The highest BCUT2D eigenvalue weighted by atomic mass is 16.6. The average molecular weight is 430 g/mol. The second kappa shape index (κ2) is 8.63. The summed E-state index contributed by atoms with van der Waals surface area (Å²) in [4.78, 5) is 19.0. The second-order valence-corrected chi connectivity index (χ2v) is 8.70. The molecule has 2 aromatic carbocycles. The molecule has 0 spiro atoms. The van der Waals surface area contributed by atoms with Crippen LogP contribution in [0.15, 0.2) is 67.0 Å². The molecule has 6 nitrogen and oxygen atoms in total. The zero-order valence-corrected chi connectivity index (χ0v) is 18.0. The molecule has 0 aliphatic carbocycles. The van der Waals surface area contributed by atoms with Gasteiger partial charge in [-0.25, -0.2) is 0 Å². The van der Waals surface area contributed by atoms with Crippen molar-refractivity contribution in [3.8, 4) is 22.6 Å². The molecule has 0 radical (unpaired) electrons. The van der Waals surface area contributed by atoms with Crippen LogP contribution in [-0.4, -0.2) is 42.1 Å². The zero-order chi connectivity index (χ0) is 22.0. The van der Waals surface area contributed by atoms with Crippen molar-refractivity contribution in [3.05, 3.63) is 78.1 Å². The number of ether oxygens (including phenoxy) is 2. The normalized spacial score (nSPS) is 20.2. The van der Waals surface area contributed by atoms with Crippen LogP contribution in [0.4, 0.5) is 0 Å². The SMILES string of the molecule is NC(=O)C1(Cc2cccc(-c3ccncc3)c2)CCN(Cc2ccc3c(c2)OCCO3)C1. The predicted molar refractivity (Wildman–Crippen MR) is 122 cm³/mol. The van der Waals surface area contributed by atoms with E-state index in [1.54, 1.807) is 12.4 Å². The molecule has 3 aromatic rings. The lowest BCUT2D eigenvalue weighted by atomic mass is 9.79. The minimum atomic E-state index is -0.565. The first-order chi connectivity index (χ1) is 15.6. The van der Waals surface area contributed by atoms with Crippen molar-refractivity contribution >= 4 is 5.91 Å². The van der Waals surface area contributed by atoms with Gasteiger partial charge in [-0.2, -0.15) is 0 Å². The smallest absolute Gasteiger partial charge is 0.225 e. The van der Waals surface area contributed by atoms with Gasteiger partial charge in [-0.15, -0.1) is 0 Å². The first kappa shape index (κ1) is 20.5. The Balaban J connectivity index is 1.32. The molecule has 1 saturated heterocycles. The summed E-state index contributed by atoms with van der Waals surface area (Å²) in [6.07, 6.45) is 4.98. The van der Waals surface area contributed by atoms with E-state index in [9.17, 15) is 4.79 Å². The van der Waals surface area contributed by atoms with Gasteiger partial charge in [0.2, 0.25) is 5.91 Å². The molecule has 1 fully saturated rings. The van der Waals surface area contributed by atoms with E-state index in [0.29, 0.717) is 26.2 Å². The Bertz CT molecular complexity index is 1120. The number of hydrogen-bond donors (Lipinski definition) is 1. The van der Waals surface area contributed by atoms with E-state index in [0.717, 1.165) is 53.3 Å². The molecule has 2 aliphatic rings. The van der Waals surface area contributed by atoms with E-state index in [4.69, 9.17) is 15.2 Å². The van der Waals surface area contributed by atoms with Gasteiger partial charge in [0.05, 0.1) is 5.41 Å². The Labute approximate surface area is 188 Å². The van der Waals surface area contributed by atoms with Crippen LogP contribution in [0.25, 0.3) is 11.1 Å². The summed E-state index contributed by atoms with van der Waals surface area (Å²) >= 11 is 0. The van der Waals surface area contributed by atoms with Gasteiger partial charge >= 0.3 is 0 Å². The predicted octanol–water partition coefficient (Wildman–Crippen LogP) is 3.44. The summed E-state index contributed by atoms with van der Waals surface area (Å²) in [5, 5.41) is 0. The van der Waals surface area contributed by atoms with Gasteiger partial charge in [-0.05, 0) is 65.9 Å². The van der Waals surface area contributed by atoms with Crippen molar-refractivity contribution in [2.75, 3.05) is 26.3 Å². The molecular weight excluding hydrogens is 402 g/mol. The molecular formula is C26H27N3O3. The molecule has 1 amide bonds. The number of nitrogens with two attached hydrogens (primary N) is 1. The molecule has 164 valence electrons. The lowest BCUT2D eigenvalue weighted by Gasteiger charge is -2.27. The van der Waals surface area contributed by atoms with E-state index < -0.39 is 5.41 Å². The van der Waals surface area contributed by atoms with Gasteiger partial charge < -0.3 is 15.2 Å². The maximum Gasteiger partial charge on any atom is 0.225 e. The second-order valence-electron chi connectivity index (χ2n) is 8.70. The van der Waals surface area contributed by atoms with Crippen LogP contribution in [0.2, 0.25) is 0 Å². The number of carbonyl (C=O) groups excluding carboxylic acids is 1. The van der Waals surface area contributed by atoms with E-state index in [1.807, 2.05) is 30.3 Å². The van der Waals surface area contributed by atoms with Crippen LogP contribution < -0.4 is 15.2 Å². The standard InChI is InChI=1S/C26H27N3O3/c27-25(30)26(16-19-2-1-3-22(14-19)21-6-9-28-10-7-21)8-11-29(18-26)17-20-4-5-23-24(15-20)32-13-12-31-23/h1-7,9-10,14-15H,8,11-13,16-18H2,(H2,27,30). The molecule has 0 bridgehead atoms. The molecule has 32 heavy (non-hydrogen) atoms. The number of amides is 1. The number of aromatic nitrogens is 1. The Hall–Kier alpha value is -3.38. The van der Waals surface area contributed by atoms with Crippen LogP contribution in [0.5, 0.6) is 11.5 Å². The molecule has 1 unspecified atom stereocenters. The van der Waals surface area contributed by atoms with Crippen molar-refractivity contribution in [1.82, 2.24) is 9.88 Å². The van der Waals surface area contributed by atoms with E-state index in [1.165, 1.54) is 0 Å². The average Bonchev–Trinajstić information content (AvgIpc) is 3.23. The molecule has 2 N–H and O–H groups in total. The van der Waals surface area contributed by atoms with Crippen LogP contribution in [0, 0.1) is 5.41 Å². The van der Waals surface area contributed by atoms with E-state index >= 15 is 0 Å². The largest absolute Gasteiger partial charge is 0.486 e. The fourth-order valence-electron chi connectivity index (χ4n) is 4.77. The first-order valence-corrected chi connectivity index (χ1v) is 11.0. The first-order valence-electron chi connectivity index (χ1n) is 11.0. The van der Waals surface area contributed by atoms with Crippen molar-refractivity contribution in [2.24, 2.45) is 11.1 Å². The van der Waals surface area contributed by atoms with Gasteiger partial charge in [0, 0.05) is 25.5 Å². The fourth-order valence-corrected chi connectivity index (χ4v) is 4.77. The van der Waals surface area contributed by atoms with E-state index in [-0.39, 0.29) is 5.91 Å². The lowest BCUT2D eigenvalue weighted by molar-refractivity contribution is -0.127. The number of carbonyl (C=O) groups is 1. The molecule has 3 heterocycles. The quantitative estimate of drug-likeness (QED) is 0.650. The van der Waals surface area contributed by atoms with Crippen LogP contribution >= 0.6 is 0 Å². The summed E-state index contributed by atoms with van der Waals surface area (Å²) in [5.41, 5.74) is 9.91. The highest BCUT2D eigenvalue weighted by Gasteiger charge is 2.43. The molecule has 5 rings (SSSR count). The van der Waals surface area contributed by atoms with Crippen LogP contribution in [0.3, 0.4) is 0 Å². The Morgan fingerprint density at radius 3 is 2.59 bits per heavy atom. The van der Waals surface area contributed by atoms with Crippen molar-refractivity contribution < 1.29 is 14.3 Å². The number of likely N-dealkylation sites (tertiary alicyclic amines) is 1. The van der Waals surface area contributed by atoms with Gasteiger partial charge in [-0.3, -0.25) is 14.7 Å². The summed E-state index contributed by atoms with van der Waals surface area (Å²) in [5.74, 6) is 1.36. The summed E-state index contributed by atoms with van der Waals surface area (Å²) < 4.78 is 11.3.